The molecule has 1 aromatic heterocycles. The van der Waals surface area contributed by atoms with Crippen molar-refractivity contribution in [1.82, 2.24) is 20.4 Å². The Morgan fingerprint density at radius 1 is 1.31 bits per heavy atom. The molecular formula is C21H28N4O. The lowest BCUT2D eigenvalue weighted by Crippen LogP contribution is -2.48. The predicted octanol–water partition coefficient (Wildman–Crippen LogP) is 2.65. The van der Waals surface area contributed by atoms with E-state index in [1.165, 1.54) is 11.3 Å². The number of carbonyl (C=O) groups is 1. The summed E-state index contributed by atoms with van der Waals surface area (Å²) in [5.74, 6) is 0.440. The van der Waals surface area contributed by atoms with Crippen LogP contribution in [-0.2, 0) is 19.3 Å². The van der Waals surface area contributed by atoms with Gasteiger partial charge in [-0.05, 0) is 68.8 Å². The van der Waals surface area contributed by atoms with Crippen LogP contribution < -0.4 is 10.6 Å². The van der Waals surface area contributed by atoms with Gasteiger partial charge in [0.1, 0.15) is 0 Å². The van der Waals surface area contributed by atoms with E-state index in [1.54, 1.807) is 0 Å². The van der Waals surface area contributed by atoms with Gasteiger partial charge in [-0.15, -0.1) is 0 Å². The summed E-state index contributed by atoms with van der Waals surface area (Å²) in [5, 5.41) is 11.4. The van der Waals surface area contributed by atoms with Gasteiger partial charge in [0.2, 0.25) is 0 Å². The first-order valence-electron chi connectivity index (χ1n) is 9.89. The Morgan fingerprint density at radius 3 is 2.85 bits per heavy atom. The number of nitrogens with one attached hydrogen (secondary N) is 2. The Kier molecular flexibility index (Phi) is 4.81. The van der Waals surface area contributed by atoms with Crippen LogP contribution in [0.4, 0.5) is 0 Å². The van der Waals surface area contributed by atoms with E-state index >= 15 is 0 Å². The van der Waals surface area contributed by atoms with Crippen LogP contribution in [0.5, 0.6) is 0 Å². The fraction of sp³-hybridized carbons (Fsp3) is 0.524. The number of hydrogen-bond acceptors (Lipinski definition) is 3. The van der Waals surface area contributed by atoms with Gasteiger partial charge in [-0.25, -0.2) is 4.68 Å². The second kappa shape index (κ2) is 7.23. The van der Waals surface area contributed by atoms with Crippen LogP contribution in [0.15, 0.2) is 24.3 Å². The van der Waals surface area contributed by atoms with Crippen molar-refractivity contribution in [2.24, 2.45) is 5.92 Å². The molecule has 0 bridgehead atoms. The molecule has 4 rings (SSSR count). The highest BCUT2D eigenvalue weighted by molar-refractivity contribution is 5.94. The molecule has 1 aromatic carbocycles. The molecule has 2 heterocycles. The Labute approximate surface area is 155 Å². The minimum Gasteiger partial charge on any atom is -0.348 e. The molecule has 0 radical (unpaired) electrons. The number of hydrogen-bond donors (Lipinski definition) is 2. The number of aryl methyl sites for hydroxylation is 1. The Morgan fingerprint density at radius 2 is 2.12 bits per heavy atom. The van der Waals surface area contributed by atoms with E-state index in [0.717, 1.165) is 56.4 Å². The molecule has 26 heavy (non-hydrogen) atoms. The monoisotopic (exact) mass is 352 g/mol. The van der Waals surface area contributed by atoms with Gasteiger partial charge in [0, 0.05) is 17.3 Å². The zero-order chi connectivity index (χ0) is 18.1. The first-order valence-corrected chi connectivity index (χ1v) is 9.89. The smallest absolute Gasteiger partial charge is 0.272 e. The van der Waals surface area contributed by atoms with E-state index in [0.29, 0.717) is 11.6 Å². The van der Waals surface area contributed by atoms with E-state index in [4.69, 9.17) is 5.10 Å². The molecule has 0 saturated carbocycles. The van der Waals surface area contributed by atoms with Crippen LogP contribution in [0, 0.1) is 5.92 Å². The molecule has 2 aromatic rings. The SMILES string of the molecule is CCc1ccc(-n2nc(C(=O)NC3CCNCC3C)c3c2CCC3)cc1. The highest BCUT2D eigenvalue weighted by Crippen LogP contribution is 2.28. The van der Waals surface area contributed by atoms with Gasteiger partial charge in [-0.3, -0.25) is 4.79 Å². The third-order valence-corrected chi connectivity index (χ3v) is 5.84. The lowest BCUT2D eigenvalue weighted by Gasteiger charge is -2.30. The number of aromatic nitrogens is 2. The van der Waals surface area contributed by atoms with Crippen molar-refractivity contribution in [2.75, 3.05) is 13.1 Å². The van der Waals surface area contributed by atoms with Gasteiger partial charge in [0.05, 0.1) is 5.69 Å². The van der Waals surface area contributed by atoms with Crippen molar-refractivity contribution < 1.29 is 4.79 Å². The molecule has 2 atom stereocenters. The van der Waals surface area contributed by atoms with E-state index < -0.39 is 0 Å². The van der Waals surface area contributed by atoms with Crippen molar-refractivity contribution in [3.05, 3.63) is 46.8 Å². The number of rotatable bonds is 4. The van der Waals surface area contributed by atoms with Crippen molar-refractivity contribution >= 4 is 5.91 Å². The van der Waals surface area contributed by atoms with Crippen molar-refractivity contribution in [2.45, 2.75) is 52.0 Å². The van der Waals surface area contributed by atoms with Crippen molar-refractivity contribution in [1.29, 1.82) is 0 Å². The molecule has 1 aliphatic heterocycles. The second-order valence-corrected chi connectivity index (χ2v) is 7.61. The Balaban J connectivity index is 1.61. The molecule has 5 heteroatoms. The van der Waals surface area contributed by atoms with E-state index in [-0.39, 0.29) is 11.9 Å². The largest absolute Gasteiger partial charge is 0.348 e. The molecule has 2 aliphatic rings. The first-order chi connectivity index (χ1) is 12.7. The molecule has 1 fully saturated rings. The molecule has 138 valence electrons. The Bertz CT molecular complexity index is 793. The lowest BCUT2D eigenvalue weighted by atomic mass is 9.95. The molecule has 2 unspecified atom stereocenters. The van der Waals surface area contributed by atoms with Crippen LogP contribution in [-0.4, -0.2) is 34.8 Å². The van der Waals surface area contributed by atoms with Crippen LogP contribution >= 0.6 is 0 Å². The predicted molar refractivity (Wildman–Crippen MR) is 103 cm³/mol. The van der Waals surface area contributed by atoms with Gasteiger partial charge >= 0.3 is 0 Å². The third kappa shape index (κ3) is 3.16. The number of fused-ring (bicyclic) bond motifs is 1. The molecular weight excluding hydrogens is 324 g/mol. The summed E-state index contributed by atoms with van der Waals surface area (Å²) >= 11 is 0. The zero-order valence-electron chi connectivity index (χ0n) is 15.7. The molecule has 1 saturated heterocycles. The fourth-order valence-electron chi connectivity index (χ4n) is 4.17. The standard InChI is InChI=1S/C21H28N4O/c1-3-15-7-9-16(10-8-15)25-19-6-4-5-17(19)20(24-25)21(26)23-18-11-12-22-13-14(18)2/h7-10,14,18,22H,3-6,11-13H2,1-2H3,(H,23,26). The lowest BCUT2D eigenvalue weighted by molar-refractivity contribution is 0.0907. The summed E-state index contributed by atoms with van der Waals surface area (Å²) < 4.78 is 1.99. The van der Waals surface area contributed by atoms with Gasteiger partial charge in [-0.1, -0.05) is 26.0 Å². The maximum atomic E-state index is 13.0. The average molecular weight is 352 g/mol. The molecule has 5 nitrogen and oxygen atoms in total. The van der Waals surface area contributed by atoms with Crippen molar-refractivity contribution in [3.63, 3.8) is 0 Å². The van der Waals surface area contributed by atoms with Crippen LogP contribution in [0.2, 0.25) is 0 Å². The average Bonchev–Trinajstić information content (AvgIpc) is 3.26. The highest BCUT2D eigenvalue weighted by Gasteiger charge is 2.29. The summed E-state index contributed by atoms with van der Waals surface area (Å²) in [6.07, 6.45) is 5.06. The van der Waals surface area contributed by atoms with E-state index in [2.05, 4.69) is 48.7 Å². The van der Waals surface area contributed by atoms with Gasteiger partial charge in [0.15, 0.2) is 5.69 Å². The minimum atomic E-state index is -0.00849. The number of nitrogens with zero attached hydrogens (tertiary/aromatic N) is 2. The number of benzene rings is 1. The zero-order valence-corrected chi connectivity index (χ0v) is 15.7. The second-order valence-electron chi connectivity index (χ2n) is 7.61. The summed E-state index contributed by atoms with van der Waals surface area (Å²) in [4.78, 5) is 13.0. The summed E-state index contributed by atoms with van der Waals surface area (Å²) in [7, 11) is 0. The number of piperidine rings is 1. The quantitative estimate of drug-likeness (QED) is 0.889. The third-order valence-electron chi connectivity index (χ3n) is 5.84. The first kappa shape index (κ1) is 17.3. The van der Waals surface area contributed by atoms with Crippen LogP contribution in [0.1, 0.15) is 54.0 Å². The molecule has 2 N–H and O–H groups in total. The summed E-state index contributed by atoms with van der Waals surface area (Å²) in [5.41, 5.74) is 5.34. The number of carbonyl (C=O) groups excluding carboxylic acids is 1. The van der Waals surface area contributed by atoms with E-state index in [1.807, 2.05) is 4.68 Å². The maximum Gasteiger partial charge on any atom is 0.272 e. The summed E-state index contributed by atoms with van der Waals surface area (Å²) in [6.45, 7) is 6.27. The maximum absolute atomic E-state index is 13.0. The normalized spacial score (nSPS) is 22.2. The Hall–Kier alpha value is -2.14. The highest BCUT2D eigenvalue weighted by atomic mass is 16.2. The molecule has 0 spiro atoms. The minimum absolute atomic E-state index is 0.00849. The van der Waals surface area contributed by atoms with Gasteiger partial charge in [-0.2, -0.15) is 5.10 Å². The van der Waals surface area contributed by atoms with Crippen LogP contribution in [0.25, 0.3) is 5.69 Å². The van der Waals surface area contributed by atoms with Gasteiger partial charge in [0.25, 0.3) is 5.91 Å². The van der Waals surface area contributed by atoms with Crippen molar-refractivity contribution in [3.8, 4) is 5.69 Å². The van der Waals surface area contributed by atoms with Crippen LogP contribution in [0.3, 0.4) is 0 Å². The van der Waals surface area contributed by atoms with E-state index in [9.17, 15) is 4.79 Å². The fourth-order valence-corrected chi connectivity index (χ4v) is 4.17. The molecule has 1 aliphatic carbocycles. The topological polar surface area (TPSA) is 59.0 Å². The summed E-state index contributed by atoms with van der Waals surface area (Å²) in [6, 6.07) is 8.75. The number of amides is 1. The van der Waals surface area contributed by atoms with Gasteiger partial charge < -0.3 is 10.6 Å². The molecule has 1 amide bonds.